The summed E-state index contributed by atoms with van der Waals surface area (Å²) >= 11 is 11.7. The predicted molar refractivity (Wildman–Crippen MR) is 66.5 cm³/mol. The maximum Gasteiger partial charge on any atom is 0.172 e. The van der Waals surface area contributed by atoms with Crippen LogP contribution in [0.15, 0.2) is 18.2 Å². The van der Waals surface area contributed by atoms with Gasteiger partial charge in [-0.25, -0.2) is 4.68 Å². The van der Waals surface area contributed by atoms with E-state index in [1.54, 1.807) is 18.2 Å². The van der Waals surface area contributed by atoms with E-state index in [0.29, 0.717) is 27.6 Å². The number of carbonyl (C=O) groups excluding carboxylic acids is 1. The topological polar surface area (TPSA) is 71.6 Å². The number of rotatable bonds is 3. The maximum absolute atomic E-state index is 10.9. The van der Waals surface area contributed by atoms with Crippen molar-refractivity contribution >= 4 is 29.5 Å². The van der Waals surface area contributed by atoms with Gasteiger partial charge in [-0.05, 0) is 12.1 Å². The second-order valence-corrected chi connectivity index (χ2v) is 4.20. The molecule has 5 nitrogen and oxygen atoms in total. The van der Waals surface area contributed by atoms with Gasteiger partial charge in [-0.1, -0.05) is 34.5 Å². The van der Waals surface area contributed by atoms with Gasteiger partial charge in [-0.15, -0.1) is 5.10 Å². The minimum Gasteiger partial charge on any atom is -0.296 e. The smallest absolute Gasteiger partial charge is 0.172 e. The van der Waals surface area contributed by atoms with E-state index in [9.17, 15) is 4.79 Å². The molecule has 0 aliphatic heterocycles. The van der Waals surface area contributed by atoms with Gasteiger partial charge in [0.1, 0.15) is 12.2 Å². The van der Waals surface area contributed by atoms with Crippen LogP contribution in [0.5, 0.6) is 0 Å². The third kappa shape index (κ3) is 2.21. The van der Waals surface area contributed by atoms with E-state index in [2.05, 4.69) is 10.3 Å². The van der Waals surface area contributed by atoms with Crippen LogP contribution in [0, 0.1) is 11.3 Å². The monoisotopic (exact) mass is 280 g/mol. The molecule has 90 valence electrons. The quantitative estimate of drug-likeness (QED) is 0.810. The van der Waals surface area contributed by atoms with Crippen LogP contribution in [0.25, 0.3) is 11.3 Å². The summed E-state index contributed by atoms with van der Waals surface area (Å²) in [6.07, 6.45) is 0.582. The van der Waals surface area contributed by atoms with Crippen molar-refractivity contribution in [3.05, 3.63) is 33.9 Å². The molecule has 1 aromatic heterocycles. The standard InChI is InChI=1S/C11H6Cl2N4O/c12-8-2-1-7(5-9(8)13)11-10(6-18)15-16-17(11)4-3-14/h1-2,5-6H,4H2. The number of halogens is 2. The first-order valence-corrected chi connectivity index (χ1v) is 5.64. The molecule has 0 unspecified atom stereocenters. The largest absolute Gasteiger partial charge is 0.296 e. The van der Waals surface area contributed by atoms with E-state index in [1.165, 1.54) is 4.68 Å². The fourth-order valence-corrected chi connectivity index (χ4v) is 1.82. The fourth-order valence-electron chi connectivity index (χ4n) is 1.52. The lowest BCUT2D eigenvalue weighted by Crippen LogP contribution is -2.01. The number of aldehydes is 1. The Morgan fingerprint density at radius 1 is 1.39 bits per heavy atom. The molecule has 2 aromatic rings. The Kier molecular flexibility index (Phi) is 3.60. The SMILES string of the molecule is N#CCn1nnc(C=O)c1-c1ccc(Cl)c(Cl)c1. The van der Waals surface area contributed by atoms with Gasteiger partial charge in [0.25, 0.3) is 0 Å². The lowest BCUT2D eigenvalue weighted by molar-refractivity contribution is 0.111. The Bertz CT molecular complexity index is 645. The van der Waals surface area contributed by atoms with Gasteiger partial charge in [0, 0.05) is 5.56 Å². The van der Waals surface area contributed by atoms with Crippen LogP contribution in [0.3, 0.4) is 0 Å². The Morgan fingerprint density at radius 3 is 2.78 bits per heavy atom. The van der Waals surface area contributed by atoms with Gasteiger partial charge in [0.2, 0.25) is 0 Å². The van der Waals surface area contributed by atoms with E-state index in [1.807, 2.05) is 6.07 Å². The van der Waals surface area contributed by atoms with Gasteiger partial charge in [-0.2, -0.15) is 5.26 Å². The highest BCUT2D eigenvalue weighted by Gasteiger charge is 2.15. The molecule has 0 aliphatic rings. The van der Waals surface area contributed by atoms with Crippen molar-refractivity contribution in [3.8, 4) is 17.3 Å². The third-order valence-electron chi connectivity index (χ3n) is 2.29. The molecule has 2 rings (SSSR count). The van der Waals surface area contributed by atoms with Crippen LogP contribution in [0.1, 0.15) is 10.5 Å². The van der Waals surface area contributed by atoms with Crippen molar-refractivity contribution < 1.29 is 4.79 Å². The average Bonchev–Trinajstić information content (AvgIpc) is 2.76. The molecule has 0 saturated carbocycles. The number of hydrogen-bond donors (Lipinski definition) is 0. The summed E-state index contributed by atoms with van der Waals surface area (Å²) in [4.78, 5) is 10.9. The van der Waals surface area contributed by atoms with Crippen molar-refractivity contribution in [1.82, 2.24) is 15.0 Å². The molecule has 18 heavy (non-hydrogen) atoms. The molecule has 7 heteroatoms. The van der Waals surface area contributed by atoms with Gasteiger partial charge >= 0.3 is 0 Å². The Morgan fingerprint density at radius 2 is 2.17 bits per heavy atom. The number of aromatic nitrogens is 3. The summed E-state index contributed by atoms with van der Waals surface area (Å²) < 4.78 is 1.34. The minimum atomic E-state index is -0.00355. The first-order chi connectivity index (χ1) is 8.67. The van der Waals surface area contributed by atoms with E-state index < -0.39 is 0 Å². The van der Waals surface area contributed by atoms with Crippen molar-refractivity contribution in [2.24, 2.45) is 0 Å². The highest BCUT2D eigenvalue weighted by molar-refractivity contribution is 6.42. The van der Waals surface area contributed by atoms with Crippen molar-refractivity contribution in [3.63, 3.8) is 0 Å². The number of nitrogens with zero attached hydrogens (tertiary/aromatic N) is 4. The Hall–Kier alpha value is -1.90. The van der Waals surface area contributed by atoms with E-state index in [0.717, 1.165) is 0 Å². The molecule has 0 amide bonds. The highest BCUT2D eigenvalue weighted by atomic mass is 35.5. The zero-order chi connectivity index (χ0) is 13.1. The molecule has 1 heterocycles. The second-order valence-electron chi connectivity index (χ2n) is 3.39. The first kappa shape index (κ1) is 12.6. The van der Waals surface area contributed by atoms with Crippen LogP contribution in [-0.2, 0) is 6.54 Å². The molecule has 0 N–H and O–H groups in total. The average molecular weight is 281 g/mol. The predicted octanol–water partition coefficient (Wildman–Crippen LogP) is 2.59. The van der Waals surface area contributed by atoms with Crippen molar-refractivity contribution in [2.75, 3.05) is 0 Å². The molecular weight excluding hydrogens is 275 g/mol. The summed E-state index contributed by atoms with van der Waals surface area (Å²) in [6.45, 7) is -0.00355. The fraction of sp³-hybridized carbons (Fsp3) is 0.0909. The van der Waals surface area contributed by atoms with Crippen LogP contribution < -0.4 is 0 Å². The van der Waals surface area contributed by atoms with Crippen LogP contribution >= 0.6 is 23.2 Å². The van der Waals surface area contributed by atoms with E-state index in [-0.39, 0.29) is 12.2 Å². The third-order valence-corrected chi connectivity index (χ3v) is 3.03. The summed E-state index contributed by atoms with van der Waals surface area (Å²) in [5.41, 5.74) is 1.24. The molecular formula is C11H6Cl2N4O. The number of hydrogen-bond acceptors (Lipinski definition) is 4. The molecule has 0 atom stereocenters. The molecule has 0 radical (unpaired) electrons. The molecule has 0 aliphatic carbocycles. The Labute approximate surface area is 113 Å². The summed E-state index contributed by atoms with van der Waals surface area (Å²) in [7, 11) is 0. The second kappa shape index (κ2) is 5.17. The normalized spacial score (nSPS) is 10.1. The maximum atomic E-state index is 10.9. The van der Waals surface area contributed by atoms with E-state index in [4.69, 9.17) is 28.5 Å². The van der Waals surface area contributed by atoms with E-state index >= 15 is 0 Å². The zero-order valence-electron chi connectivity index (χ0n) is 8.97. The molecule has 1 aromatic carbocycles. The molecule has 0 saturated heterocycles. The summed E-state index contributed by atoms with van der Waals surface area (Å²) in [5.74, 6) is 0. The van der Waals surface area contributed by atoms with Crippen molar-refractivity contribution in [1.29, 1.82) is 5.26 Å². The zero-order valence-corrected chi connectivity index (χ0v) is 10.5. The van der Waals surface area contributed by atoms with Gasteiger partial charge in [-0.3, -0.25) is 4.79 Å². The van der Waals surface area contributed by atoms with Gasteiger partial charge < -0.3 is 0 Å². The first-order valence-electron chi connectivity index (χ1n) is 4.88. The molecule has 0 spiro atoms. The highest BCUT2D eigenvalue weighted by Crippen LogP contribution is 2.29. The lowest BCUT2D eigenvalue weighted by Gasteiger charge is -2.04. The van der Waals surface area contributed by atoms with Gasteiger partial charge in [0.05, 0.1) is 16.1 Å². The van der Waals surface area contributed by atoms with Crippen molar-refractivity contribution in [2.45, 2.75) is 6.54 Å². The summed E-state index contributed by atoms with van der Waals surface area (Å²) in [5, 5.41) is 16.9. The Balaban J connectivity index is 2.61. The lowest BCUT2D eigenvalue weighted by atomic mass is 10.1. The summed E-state index contributed by atoms with van der Waals surface area (Å²) in [6, 6.07) is 6.84. The number of benzene rings is 1. The number of carbonyl (C=O) groups is 1. The molecule has 0 fully saturated rings. The van der Waals surface area contributed by atoms with Crippen LogP contribution in [0.4, 0.5) is 0 Å². The van der Waals surface area contributed by atoms with Crippen LogP contribution in [-0.4, -0.2) is 21.3 Å². The van der Waals surface area contributed by atoms with Crippen LogP contribution in [0.2, 0.25) is 10.0 Å². The molecule has 0 bridgehead atoms. The van der Waals surface area contributed by atoms with Gasteiger partial charge in [0.15, 0.2) is 12.0 Å². The number of nitriles is 1. The minimum absolute atomic E-state index is 0.00355.